The summed E-state index contributed by atoms with van der Waals surface area (Å²) in [6, 6.07) is 4.43. The number of benzene rings is 1. The standard InChI is InChI=1S/C14H18F3NO2/c1-10(2)18(9-14(15,16)17)7-12-6-11(8-19)4-5-13(12)20-3/h4-6,8,10H,7,9H2,1-3H3. The molecule has 0 saturated carbocycles. The lowest BCUT2D eigenvalue weighted by atomic mass is 10.1. The lowest BCUT2D eigenvalue weighted by molar-refractivity contribution is -0.150. The molecule has 0 atom stereocenters. The van der Waals surface area contributed by atoms with Gasteiger partial charge in [-0.1, -0.05) is 0 Å². The van der Waals surface area contributed by atoms with E-state index in [1.54, 1.807) is 32.0 Å². The topological polar surface area (TPSA) is 29.5 Å². The first-order valence-corrected chi connectivity index (χ1v) is 6.19. The minimum Gasteiger partial charge on any atom is -0.496 e. The highest BCUT2D eigenvalue weighted by molar-refractivity contribution is 5.75. The third-order valence-electron chi connectivity index (χ3n) is 2.93. The van der Waals surface area contributed by atoms with Gasteiger partial charge in [0, 0.05) is 23.7 Å². The number of hydrogen-bond acceptors (Lipinski definition) is 3. The van der Waals surface area contributed by atoms with Crippen molar-refractivity contribution in [1.82, 2.24) is 4.90 Å². The van der Waals surface area contributed by atoms with Crippen LogP contribution in [0.15, 0.2) is 18.2 Å². The van der Waals surface area contributed by atoms with Crippen LogP contribution in [0.1, 0.15) is 29.8 Å². The molecule has 0 fully saturated rings. The Balaban J connectivity index is 3.00. The summed E-state index contributed by atoms with van der Waals surface area (Å²) >= 11 is 0. The average molecular weight is 289 g/mol. The van der Waals surface area contributed by atoms with E-state index < -0.39 is 12.7 Å². The fraction of sp³-hybridized carbons (Fsp3) is 0.500. The molecule has 0 radical (unpaired) electrons. The van der Waals surface area contributed by atoms with E-state index in [0.29, 0.717) is 23.2 Å². The number of carbonyl (C=O) groups excluding carboxylic acids is 1. The van der Waals surface area contributed by atoms with Crippen LogP contribution >= 0.6 is 0 Å². The van der Waals surface area contributed by atoms with Crippen molar-refractivity contribution in [3.05, 3.63) is 29.3 Å². The van der Waals surface area contributed by atoms with E-state index in [2.05, 4.69) is 0 Å². The van der Waals surface area contributed by atoms with Crippen molar-refractivity contribution in [3.63, 3.8) is 0 Å². The van der Waals surface area contributed by atoms with Gasteiger partial charge in [-0.15, -0.1) is 0 Å². The molecule has 3 nitrogen and oxygen atoms in total. The summed E-state index contributed by atoms with van der Waals surface area (Å²) < 4.78 is 42.8. The van der Waals surface area contributed by atoms with Crippen LogP contribution in [0.3, 0.4) is 0 Å². The first-order valence-electron chi connectivity index (χ1n) is 6.19. The van der Waals surface area contributed by atoms with Crippen molar-refractivity contribution in [2.45, 2.75) is 32.6 Å². The van der Waals surface area contributed by atoms with Crippen LogP contribution in [-0.4, -0.2) is 37.1 Å². The summed E-state index contributed by atoms with van der Waals surface area (Å²) in [4.78, 5) is 12.1. The van der Waals surface area contributed by atoms with Gasteiger partial charge in [0.1, 0.15) is 12.0 Å². The van der Waals surface area contributed by atoms with E-state index in [1.807, 2.05) is 0 Å². The third-order valence-corrected chi connectivity index (χ3v) is 2.93. The molecule has 0 spiro atoms. The zero-order valence-corrected chi connectivity index (χ0v) is 11.7. The Hall–Kier alpha value is -1.56. The van der Waals surface area contributed by atoms with E-state index in [9.17, 15) is 18.0 Å². The molecule has 112 valence electrons. The van der Waals surface area contributed by atoms with E-state index in [4.69, 9.17) is 4.74 Å². The number of carbonyl (C=O) groups is 1. The molecule has 0 aliphatic rings. The summed E-state index contributed by atoms with van der Waals surface area (Å²) in [5.74, 6) is 0.475. The second-order valence-electron chi connectivity index (χ2n) is 4.80. The highest BCUT2D eigenvalue weighted by Gasteiger charge is 2.32. The van der Waals surface area contributed by atoms with E-state index in [-0.39, 0.29) is 12.6 Å². The van der Waals surface area contributed by atoms with Crippen molar-refractivity contribution in [2.24, 2.45) is 0 Å². The average Bonchev–Trinajstić information content (AvgIpc) is 2.36. The molecule has 0 saturated heterocycles. The lowest BCUT2D eigenvalue weighted by Crippen LogP contribution is -2.38. The number of methoxy groups -OCH3 is 1. The minimum atomic E-state index is -4.26. The summed E-state index contributed by atoms with van der Waals surface area (Å²) in [5.41, 5.74) is 0.978. The van der Waals surface area contributed by atoms with Gasteiger partial charge in [0.25, 0.3) is 0 Å². The molecule has 0 N–H and O–H groups in total. The quantitative estimate of drug-likeness (QED) is 0.753. The summed E-state index contributed by atoms with van der Waals surface area (Å²) in [6.07, 6.45) is -3.60. The predicted molar refractivity (Wildman–Crippen MR) is 70.0 cm³/mol. The molecular formula is C14H18F3NO2. The fourth-order valence-electron chi connectivity index (χ4n) is 1.87. The second-order valence-corrected chi connectivity index (χ2v) is 4.80. The molecule has 6 heteroatoms. The van der Waals surface area contributed by atoms with Crippen molar-refractivity contribution in [2.75, 3.05) is 13.7 Å². The van der Waals surface area contributed by atoms with Crippen molar-refractivity contribution >= 4 is 6.29 Å². The highest BCUT2D eigenvalue weighted by atomic mass is 19.4. The van der Waals surface area contributed by atoms with Crippen molar-refractivity contribution in [1.29, 1.82) is 0 Å². The second kappa shape index (κ2) is 6.74. The van der Waals surface area contributed by atoms with Gasteiger partial charge >= 0.3 is 6.18 Å². The van der Waals surface area contributed by atoms with Gasteiger partial charge in [0.15, 0.2) is 0 Å². The zero-order chi connectivity index (χ0) is 15.3. The molecule has 0 unspecified atom stereocenters. The Kier molecular flexibility index (Phi) is 5.56. The van der Waals surface area contributed by atoms with Crippen LogP contribution in [0, 0.1) is 0 Å². The SMILES string of the molecule is COc1ccc(C=O)cc1CN(CC(F)(F)F)C(C)C. The number of rotatable bonds is 6. The van der Waals surface area contributed by atoms with E-state index in [0.717, 1.165) is 0 Å². The maximum Gasteiger partial charge on any atom is 0.401 e. The maximum absolute atomic E-state index is 12.6. The van der Waals surface area contributed by atoms with E-state index >= 15 is 0 Å². The maximum atomic E-state index is 12.6. The zero-order valence-electron chi connectivity index (χ0n) is 11.7. The van der Waals surface area contributed by atoms with Gasteiger partial charge in [0.05, 0.1) is 13.7 Å². The van der Waals surface area contributed by atoms with Crippen molar-refractivity contribution in [3.8, 4) is 5.75 Å². The molecule has 0 bridgehead atoms. The van der Waals surface area contributed by atoms with Crippen LogP contribution in [0.4, 0.5) is 13.2 Å². The molecule has 0 amide bonds. The minimum absolute atomic E-state index is 0.0715. The molecule has 20 heavy (non-hydrogen) atoms. The van der Waals surface area contributed by atoms with Crippen molar-refractivity contribution < 1.29 is 22.7 Å². The van der Waals surface area contributed by atoms with Gasteiger partial charge in [-0.3, -0.25) is 9.69 Å². The van der Waals surface area contributed by atoms with Crippen LogP contribution in [0.2, 0.25) is 0 Å². The van der Waals surface area contributed by atoms with Crippen LogP contribution in [0.25, 0.3) is 0 Å². The Labute approximate surface area is 116 Å². The van der Waals surface area contributed by atoms with Crippen LogP contribution in [0.5, 0.6) is 5.75 Å². The summed E-state index contributed by atoms with van der Waals surface area (Å²) in [7, 11) is 1.45. The molecular weight excluding hydrogens is 271 g/mol. The number of hydrogen-bond donors (Lipinski definition) is 0. The highest BCUT2D eigenvalue weighted by Crippen LogP contribution is 2.25. The molecule has 0 heterocycles. The fourth-order valence-corrected chi connectivity index (χ4v) is 1.87. The Morgan fingerprint density at radius 3 is 2.45 bits per heavy atom. The number of nitrogens with zero attached hydrogens (tertiary/aromatic N) is 1. The lowest BCUT2D eigenvalue weighted by Gasteiger charge is -2.28. The van der Waals surface area contributed by atoms with Gasteiger partial charge < -0.3 is 4.74 Å². The monoisotopic (exact) mass is 289 g/mol. The molecule has 1 rings (SSSR count). The summed E-state index contributed by atoms with van der Waals surface area (Å²) in [6.45, 7) is 2.46. The molecule has 1 aromatic carbocycles. The summed E-state index contributed by atoms with van der Waals surface area (Å²) in [5, 5.41) is 0. The Morgan fingerprint density at radius 2 is 2.00 bits per heavy atom. The first-order chi connectivity index (χ1) is 9.26. The predicted octanol–water partition coefficient (Wildman–Crippen LogP) is 3.28. The van der Waals surface area contributed by atoms with E-state index in [1.165, 1.54) is 12.0 Å². The number of ether oxygens (including phenoxy) is 1. The van der Waals surface area contributed by atoms with Gasteiger partial charge in [-0.2, -0.15) is 13.2 Å². The molecule has 1 aromatic rings. The number of halogens is 3. The normalized spacial score (nSPS) is 12.0. The third kappa shape index (κ3) is 4.85. The number of alkyl halides is 3. The molecule has 0 aromatic heterocycles. The Morgan fingerprint density at radius 1 is 1.35 bits per heavy atom. The van der Waals surface area contributed by atoms with Gasteiger partial charge in [-0.05, 0) is 32.0 Å². The largest absolute Gasteiger partial charge is 0.496 e. The van der Waals surface area contributed by atoms with Crippen LogP contribution in [-0.2, 0) is 6.54 Å². The van der Waals surface area contributed by atoms with Gasteiger partial charge in [-0.25, -0.2) is 0 Å². The Bertz CT molecular complexity index is 458. The smallest absolute Gasteiger partial charge is 0.401 e. The van der Waals surface area contributed by atoms with Gasteiger partial charge in [0.2, 0.25) is 0 Å². The first kappa shape index (κ1) is 16.5. The molecule has 0 aliphatic heterocycles. The van der Waals surface area contributed by atoms with Crippen LogP contribution < -0.4 is 4.74 Å². The number of aldehydes is 1. The molecule has 0 aliphatic carbocycles.